The van der Waals surface area contributed by atoms with Crippen LogP contribution < -0.4 is 0 Å². The predicted octanol–water partition coefficient (Wildman–Crippen LogP) is 6.19. The highest BCUT2D eigenvalue weighted by atomic mass is 19.2. The fourth-order valence-corrected chi connectivity index (χ4v) is 3.43. The van der Waals surface area contributed by atoms with Gasteiger partial charge in [-0.05, 0) is 53.1 Å². The molecule has 1 aliphatic rings. The van der Waals surface area contributed by atoms with Crippen molar-refractivity contribution in [2.24, 2.45) is 0 Å². The van der Waals surface area contributed by atoms with Crippen LogP contribution in [0, 0.1) is 17.5 Å². The molecule has 0 aromatic heterocycles. The zero-order valence-electron chi connectivity index (χ0n) is 15.6. The molecule has 0 aliphatic carbocycles. The van der Waals surface area contributed by atoms with E-state index in [1.165, 1.54) is 6.07 Å². The maximum Gasteiger partial charge on any atom is 0.162 e. The van der Waals surface area contributed by atoms with Gasteiger partial charge in [0.05, 0.1) is 6.61 Å². The van der Waals surface area contributed by atoms with Crippen molar-refractivity contribution in [2.45, 2.75) is 32.3 Å². The Morgan fingerprint density at radius 3 is 2.18 bits per heavy atom. The third-order valence-electron chi connectivity index (χ3n) is 5.27. The highest BCUT2D eigenvalue weighted by Gasteiger charge is 2.25. The maximum absolute atomic E-state index is 14.4. The Morgan fingerprint density at radius 1 is 0.857 bits per heavy atom. The van der Waals surface area contributed by atoms with Gasteiger partial charge in [0.2, 0.25) is 0 Å². The second-order valence-electron chi connectivity index (χ2n) is 7.12. The van der Waals surface area contributed by atoms with E-state index in [4.69, 9.17) is 4.74 Å². The molecular formula is C24H21F3O. The maximum atomic E-state index is 14.4. The van der Waals surface area contributed by atoms with Crippen LogP contribution in [0.15, 0.2) is 54.6 Å². The first-order valence-electron chi connectivity index (χ1n) is 9.53. The number of ether oxygens (including phenoxy) is 1. The largest absolute Gasteiger partial charge is 0.368 e. The van der Waals surface area contributed by atoms with Crippen LogP contribution in [0.5, 0.6) is 0 Å². The molecule has 0 amide bonds. The highest BCUT2D eigenvalue weighted by molar-refractivity contribution is 5.65. The molecule has 144 valence electrons. The molecule has 4 rings (SSSR count). The number of rotatable bonds is 6. The molecule has 3 aromatic carbocycles. The molecule has 1 aliphatic heterocycles. The van der Waals surface area contributed by atoms with Gasteiger partial charge in [0.15, 0.2) is 11.6 Å². The van der Waals surface area contributed by atoms with E-state index in [1.807, 2.05) is 30.3 Å². The quantitative estimate of drug-likeness (QED) is 0.463. The standard InChI is InChI=1S/C24H21F3O/c1-2-16-9-10-18(24(27)23(16)26)8-5-15-3-6-17(7-4-15)20-12-11-19(13-21(20)25)22-14-28-22/h3-4,6-7,9-13,22H,2,5,8,14H2,1H3. The minimum Gasteiger partial charge on any atom is -0.368 e. The van der Waals surface area contributed by atoms with E-state index in [9.17, 15) is 13.2 Å². The Hall–Kier alpha value is -2.59. The normalized spacial score (nSPS) is 15.6. The van der Waals surface area contributed by atoms with E-state index in [-0.39, 0.29) is 11.9 Å². The molecule has 28 heavy (non-hydrogen) atoms. The zero-order chi connectivity index (χ0) is 19.7. The van der Waals surface area contributed by atoms with Gasteiger partial charge in [-0.3, -0.25) is 0 Å². The van der Waals surface area contributed by atoms with Crippen molar-refractivity contribution in [3.05, 3.63) is 94.3 Å². The molecule has 1 unspecified atom stereocenters. The van der Waals surface area contributed by atoms with Crippen LogP contribution >= 0.6 is 0 Å². The number of hydrogen-bond donors (Lipinski definition) is 0. The Balaban J connectivity index is 1.46. The fourth-order valence-electron chi connectivity index (χ4n) is 3.43. The molecule has 4 heteroatoms. The van der Waals surface area contributed by atoms with Gasteiger partial charge < -0.3 is 4.74 Å². The summed E-state index contributed by atoms with van der Waals surface area (Å²) in [4.78, 5) is 0. The SMILES string of the molecule is CCc1ccc(CCc2ccc(-c3ccc(C4CO4)cc3F)cc2)c(F)c1F. The summed E-state index contributed by atoms with van der Waals surface area (Å²) >= 11 is 0. The summed E-state index contributed by atoms with van der Waals surface area (Å²) in [6, 6.07) is 16.0. The molecule has 1 fully saturated rings. The van der Waals surface area contributed by atoms with Crippen LogP contribution in [0.25, 0.3) is 11.1 Å². The summed E-state index contributed by atoms with van der Waals surface area (Å²) in [7, 11) is 0. The Morgan fingerprint density at radius 2 is 1.54 bits per heavy atom. The zero-order valence-corrected chi connectivity index (χ0v) is 15.6. The molecule has 0 bridgehead atoms. The Labute approximate surface area is 162 Å². The van der Waals surface area contributed by atoms with Gasteiger partial charge in [-0.15, -0.1) is 0 Å². The molecular weight excluding hydrogens is 361 g/mol. The molecule has 0 radical (unpaired) electrons. The van der Waals surface area contributed by atoms with Crippen LogP contribution in [0.3, 0.4) is 0 Å². The molecule has 0 spiro atoms. The minimum absolute atomic E-state index is 0.0301. The first-order valence-corrected chi connectivity index (χ1v) is 9.53. The first kappa shape index (κ1) is 18.8. The van der Waals surface area contributed by atoms with E-state index in [0.29, 0.717) is 42.6 Å². The van der Waals surface area contributed by atoms with Crippen LogP contribution in [0.4, 0.5) is 13.2 Å². The Kier molecular flexibility index (Phi) is 5.23. The minimum atomic E-state index is -0.752. The van der Waals surface area contributed by atoms with Crippen molar-refractivity contribution in [1.82, 2.24) is 0 Å². The molecule has 1 saturated heterocycles. The van der Waals surface area contributed by atoms with Gasteiger partial charge in [0.1, 0.15) is 11.9 Å². The van der Waals surface area contributed by atoms with Crippen molar-refractivity contribution >= 4 is 0 Å². The number of hydrogen-bond acceptors (Lipinski definition) is 1. The summed E-state index contributed by atoms with van der Waals surface area (Å²) in [5.41, 5.74) is 3.95. The molecule has 1 heterocycles. The lowest BCUT2D eigenvalue weighted by atomic mass is 9.98. The lowest BCUT2D eigenvalue weighted by Gasteiger charge is -2.09. The lowest BCUT2D eigenvalue weighted by Crippen LogP contribution is -2.01. The van der Waals surface area contributed by atoms with Gasteiger partial charge in [0.25, 0.3) is 0 Å². The van der Waals surface area contributed by atoms with E-state index in [1.54, 1.807) is 25.1 Å². The molecule has 1 nitrogen and oxygen atoms in total. The van der Waals surface area contributed by atoms with Gasteiger partial charge >= 0.3 is 0 Å². The smallest absolute Gasteiger partial charge is 0.162 e. The van der Waals surface area contributed by atoms with Crippen LogP contribution in [0.2, 0.25) is 0 Å². The number of epoxide rings is 1. The van der Waals surface area contributed by atoms with E-state index in [2.05, 4.69) is 0 Å². The summed E-state index contributed by atoms with van der Waals surface area (Å²) in [6.07, 6.45) is 1.50. The lowest BCUT2D eigenvalue weighted by molar-refractivity contribution is 0.415. The first-order chi connectivity index (χ1) is 13.6. The van der Waals surface area contributed by atoms with Crippen molar-refractivity contribution in [1.29, 1.82) is 0 Å². The average molecular weight is 382 g/mol. The van der Waals surface area contributed by atoms with Crippen LogP contribution in [-0.2, 0) is 24.0 Å². The molecule has 3 aromatic rings. The third kappa shape index (κ3) is 3.83. The number of benzene rings is 3. The predicted molar refractivity (Wildman–Crippen MR) is 104 cm³/mol. The molecule has 1 atom stereocenters. The fraction of sp³-hybridized carbons (Fsp3) is 0.250. The number of halogens is 3. The van der Waals surface area contributed by atoms with Gasteiger partial charge in [-0.2, -0.15) is 0 Å². The summed E-state index contributed by atoms with van der Waals surface area (Å²) in [6.45, 7) is 2.45. The topological polar surface area (TPSA) is 12.5 Å². The second-order valence-corrected chi connectivity index (χ2v) is 7.12. The third-order valence-corrected chi connectivity index (χ3v) is 5.27. The Bertz CT molecular complexity index is 991. The van der Waals surface area contributed by atoms with Crippen molar-refractivity contribution in [3.63, 3.8) is 0 Å². The van der Waals surface area contributed by atoms with E-state index < -0.39 is 11.6 Å². The average Bonchev–Trinajstić information content (AvgIpc) is 3.55. The molecule has 0 N–H and O–H groups in total. The van der Waals surface area contributed by atoms with E-state index >= 15 is 0 Å². The summed E-state index contributed by atoms with van der Waals surface area (Å²) < 4.78 is 47.7. The van der Waals surface area contributed by atoms with Crippen LogP contribution in [0.1, 0.15) is 35.3 Å². The highest BCUT2D eigenvalue weighted by Crippen LogP contribution is 2.33. The van der Waals surface area contributed by atoms with Gasteiger partial charge in [-0.1, -0.05) is 55.5 Å². The molecule has 0 saturated carbocycles. The van der Waals surface area contributed by atoms with Crippen molar-refractivity contribution in [2.75, 3.05) is 6.61 Å². The van der Waals surface area contributed by atoms with Crippen molar-refractivity contribution < 1.29 is 17.9 Å². The van der Waals surface area contributed by atoms with Crippen LogP contribution in [-0.4, -0.2) is 6.61 Å². The number of aryl methyl sites for hydroxylation is 3. The van der Waals surface area contributed by atoms with Gasteiger partial charge in [-0.25, -0.2) is 13.2 Å². The summed E-state index contributed by atoms with van der Waals surface area (Å²) in [5.74, 6) is -1.77. The van der Waals surface area contributed by atoms with Gasteiger partial charge in [0, 0.05) is 5.56 Å². The van der Waals surface area contributed by atoms with E-state index in [0.717, 1.165) is 16.7 Å². The summed E-state index contributed by atoms with van der Waals surface area (Å²) in [5, 5.41) is 0. The monoisotopic (exact) mass is 382 g/mol. The second kappa shape index (κ2) is 7.80. The van der Waals surface area contributed by atoms with Crippen molar-refractivity contribution in [3.8, 4) is 11.1 Å².